The number of nitro groups is 1. The standard InChI is InChI=1S/C22H28N2O5/c1-22(2,3)29-21(25)23(16-18-7-5-9-19(15-18)24(26)27)14-6-8-17-10-12-20(28-4)13-11-17/h5,7,9-13,15H,6,8,14,16H2,1-4H3. The van der Waals surface area contributed by atoms with Crippen LogP contribution in [0.5, 0.6) is 5.75 Å². The number of amides is 1. The molecule has 0 spiro atoms. The Bertz CT molecular complexity index is 828. The Morgan fingerprint density at radius 3 is 2.38 bits per heavy atom. The van der Waals surface area contributed by atoms with Gasteiger partial charge in [0.05, 0.1) is 12.0 Å². The van der Waals surface area contributed by atoms with E-state index in [4.69, 9.17) is 9.47 Å². The van der Waals surface area contributed by atoms with Gasteiger partial charge in [0.1, 0.15) is 11.4 Å². The van der Waals surface area contributed by atoms with Crippen molar-refractivity contribution in [2.45, 2.75) is 45.8 Å². The number of benzene rings is 2. The van der Waals surface area contributed by atoms with Gasteiger partial charge in [0, 0.05) is 25.2 Å². The molecule has 29 heavy (non-hydrogen) atoms. The first kappa shape index (κ1) is 22.2. The molecule has 0 atom stereocenters. The van der Waals surface area contributed by atoms with Crippen LogP contribution in [0.25, 0.3) is 0 Å². The molecule has 0 aliphatic carbocycles. The lowest BCUT2D eigenvalue weighted by Crippen LogP contribution is -2.37. The van der Waals surface area contributed by atoms with Crippen LogP contribution < -0.4 is 4.74 Å². The highest BCUT2D eigenvalue weighted by atomic mass is 16.6. The van der Waals surface area contributed by atoms with Crippen LogP contribution in [0.4, 0.5) is 10.5 Å². The minimum Gasteiger partial charge on any atom is -0.497 e. The number of nitro benzene ring substituents is 1. The smallest absolute Gasteiger partial charge is 0.410 e. The molecule has 0 saturated carbocycles. The predicted octanol–water partition coefficient (Wildman–Crippen LogP) is 4.97. The van der Waals surface area contributed by atoms with Gasteiger partial charge < -0.3 is 14.4 Å². The molecule has 2 rings (SSSR count). The Hall–Kier alpha value is -3.09. The first-order valence-corrected chi connectivity index (χ1v) is 9.52. The Morgan fingerprint density at radius 2 is 1.79 bits per heavy atom. The van der Waals surface area contributed by atoms with E-state index in [1.54, 1.807) is 24.1 Å². The summed E-state index contributed by atoms with van der Waals surface area (Å²) in [6, 6.07) is 14.1. The normalized spacial score (nSPS) is 11.0. The SMILES string of the molecule is COc1ccc(CCCN(Cc2cccc([N+](=O)[O-])c2)C(=O)OC(C)(C)C)cc1. The van der Waals surface area contributed by atoms with Crippen molar-refractivity contribution in [3.8, 4) is 5.75 Å². The molecule has 0 radical (unpaired) electrons. The van der Waals surface area contributed by atoms with Crippen molar-refractivity contribution in [1.29, 1.82) is 0 Å². The van der Waals surface area contributed by atoms with Crippen LogP contribution in [0.2, 0.25) is 0 Å². The predicted molar refractivity (Wildman–Crippen MR) is 111 cm³/mol. The minimum absolute atomic E-state index is 0.00451. The maximum atomic E-state index is 12.7. The molecule has 1 amide bonds. The number of nitrogens with zero attached hydrogens (tertiary/aromatic N) is 2. The van der Waals surface area contributed by atoms with Crippen LogP contribution in [0.3, 0.4) is 0 Å². The number of ether oxygens (including phenoxy) is 2. The summed E-state index contributed by atoms with van der Waals surface area (Å²) in [4.78, 5) is 24.8. The average Bonchev–Trinajstić information content (AvgIpc) is 2.66. The fourth-order valence-electron chi connectivity index (χ4n) is 2.82. The largest absolute Gasteiger partial charge is 0.497 e. The zero-order valence-electron chi connectivity index (χ0n) is 17.4. The van der Waals surface area contributed by atoms with Crippen molar-refractivity contribution in [3.63, 3.8) is 0 Å². The zero-order chi connectivity index (χ0) is 21.4. The summed E-state index contributed by atoms with van der Waals surface area (Å²) in [6.07, 6.45) is 1.09. The number of carbonyl (C=O) groups excluding carboxylic acids is 1. The first-order chi connectivity index (χ1) is 13.7. The van der Waals surface area contributed by atoms with Crippen molar-refractivity contribution in [2.75, 3.05) is 13.7 Å². The second kappa shape index (κ2) is 9.91. The molecule has 0 bridgehead atoms. The number of rotatable bonds is 8. The van der Waals surface area contributed by atoms with Crippen LogP contribution in [0, 0.1) is 10.1 Å². The Balaban J connectivity index is 2.06. The van der Waals surface area contributed by atoms with Gasteiger partial charge in [-0.05, 0) is 56.9 Å². The third-order valence-electron chi connectivity index (χ3n) is 4.20. The fourth-order valence-corrected chi connectivity index (χ4v) is 2.82. The third kappa shape index (κ3) is 7.44. The lowest BCUT2D eigenvalue weighted by atomic mass is 10.1. The van der Waals surface area contributed by atoms with Gasteiger partial charge in [-0.15, -0.1) is 0 Å². The Labute approximate surface area is 171 Å². The van der Waals surface area contributed by atoms with Crippen molar-refractivity contribution in [1.82, 2.24) is 4.90 Å². The molecule has 7 nitrogen and oxygen atoms in total. The summed E-state index contributed by atoms with van der Waals surface area (Å²) >= 11 is 0. The summed E-state index contributed by atoms with van der Waals surface area (Å²) in [5, 5.41) is 11.0. The first-order valence-electron chi connectivity index (χ1n) is 9.52. The number of non-ortho nitro benzene ring substituents is 1. The molecule has 0 aliphatic heterocycles. The van der Waals surface area contributed by atoms with Gasteiger partial charge in [-0.25, -0.2) is 4.79 Å². The van der Waals surface area contributed by atoms with Gasteiger partial charge in [-0.1, -0.05) is 24.3 Å². The maximum Gasteiger partial charge on any atom is 0.410 e. The third-order valence-corrected chi connectivity index (χ3v) is 4.20. The van der Waals surface area contributed by atoms with E-state index >= 15 is 0 Å². The highest BCUT2D eigenvalue weighted by Crippen LogP contribution is 2.18. The minimum atomic E-state index is -0.617. The molecule has 0 heterocycles. The van der Waals surface area contributed by atoms with Gasteiger partial charge in [0.15, 0.2) is 0 Å². The molecule has 0 fully saturated rings. The molecule has 156 valence electrons. The van der Waals surface area contributed by atoms with E-state index in [9.17, 15) is 14.9 Å². The number of methoxy groups -OCH3 is 1. The quantitative estimate of drug-likeness (QED) is 0.461. The van der Waals surface area contributed by atoms with Crippen molar-refractivity contribution in [2.24, 2.45) is 0 Å². The molecular formula is C22H28N2O5. The number of hydrogen-bond acceptors (Lipinski definition) is 5. The summed E-state index contributed by atoms with van der Waals surface area (Å²) < 4.78 is 10.7. The summed E-state index contributed by atoms with van der Waals surface area (Å²) in [7, 11) is 1.63. The lowest BCUT2D eigenvalue weighted by Gasteiger charge is -2.27. The van der Waals surface area contributed by atoms with Crippen molar-refractivity contribution >= 4 is 11.8 Å². The van der Waals surface area contributed by atoms with Gasteiger partial charge in [-0.2, -0.15) is 0 Å². The highest BCUT2D eigenvalue weighted by molar-refractivity contribution is 5.68. The second-order valence-electron chi connectivity index (χ2n) is 7.78. The van der Waals surface area contributed by atoms with E-state index in [0.29, 0.717) is 12.1 Å². The maximum absolute atomic E-state index is 12.7. The van der Waals surface area contributed by atoms with E-state index in [1.807, 2.05) is 45.0 Å². The molecule has 0 unspecified atom stereocenters. The molecule has 0 saturated heterocycles. The summed E-state index contributed by atoms with van der Waals surface area (Å²) in [6.45, 7) is 6.16. The van der Waals surface area contributed by atoms with Crippen LogP contribution >= 0.6 is 0 Å². The van der Waals surface area contributed by atoms with Crippen LogP contribution in [-0.2, 0) is 17.7 Å². The molecule has 0 aromatic heterocycles. The Morgan fingerprint density at radius 1 is 1.10 bits per heavy atom. The molecule has 2 aromatic carbocycles. The van der Waals surface area contributed by atoms with E-state index in [0.717, 1.165) is 24.2 Å². The zero-order valence-corrected chi connectivity index (χ0v) is 17.4. The molecule has 7 heteroatoms. The van der Waals surface area contributed by atoms with Gasteiger partial charge >= 0.3 is 6.09 Å². The highest BCUT2D eigenvalue weighted by Gasteiger charge is 2.22. The van der Waals surface area contributed by atoms with Crippen LogP contribution in [0.1, 0.15) is 38.3 Å². The molecular weight excluding hydrogens is 372 g/mol. The topological polar surface area (TPSA) is 81.9 Å². The van der Waals surface area contributed by atoms with E-state index in [2.05, 4.69) is 0 Å². The second-order valence-corrected chi connectivity index (χ2v) is 7.78. The number of aryl methyl sites for hydroxylation is 1. The number of hydrogen-bond donors (Lipinski definition) is 0. The van der Waals surface area contributed by atoms with Crippen molar-refractivity contribution < 1.29 is 19.2 Å². The summed E-state index contributed by atoms with van der Waals surface area (Å²) in [5.74, 6) is 0.801. The van der Waals surface area contributed by atoms with Gasteiger partial charge in [0.2, 0.25) is 0 Å². The Kier molecular flexibility index (Phi) is 7.59. The lowest BCUT2D eigenvalue weighted by molar-refractivity contribution is -0.384. The van der Waals surface area contributed by atoms with Crippen LogP contribution in [0.15, 0.2) is 48.5 Å². The molecule has 2 aromatic rings. The van der Waals surface area contributed by atoms with Crippen molar-refractivity contribution in [3.05, 3.63) is 69.8 Å². The van der Waals surface area contributed by atoms with E-state index < -0.39 is 16.6 Å². The summed E-state index contributed by atoms with van der Waals surface area (Å²) in [5.41, 5.74) is 1.22. The van der Waals surface area contributed by atoms with E-state index in [-0.39, 0.29) is 12.2 Å². The average molecular weight is 400 g/mol. The molecule has 0 aliphatic rings. The fraction of sp³-hybridized carbons (Fsp3) is 0.409. The molecule has 0 N–H and O–H groups in total. The van der Waals surface area contributed by atoms with Gasteiger partial charge in [0.25, 0.3) is 5.69 Å². The van der Waals surface area contributed by atoms with Crippen LogP contribution in [-0.4, -0.2) is 35.2 Å². The monoisotopic (exact) mass is 400 g/mol. The van der Waals surface area contributed by atoms with E-state index in [1.165, 1.54) is 12.1 Å². The van der Waals surface area contributed by atoms with Gasteiger partial charge in [-0.3, -0.25) is 10.1 Å². The number of carbonyl (C=O) groups is 1.